The van der Waals surface area contributed by atoms with E-state index in [0.717, 1.165) is 5.69 Å². The number of carbonyl (C=O) groups is 1. The van der Waals surface area contributed by atoms with Crippen molar-refractivity contribution in [2.45, 2.75) is 47.7 Å². The van der Waals surface area contributed by atoms with Crippen molar-refractivity contribution in [1.29, 1.82) is 0 Å². The summed E-state index contributed by atoms with van der Waals surface area (Å²) in [5, 5.41) is 7.82. The van der Waals surface area contributed by atoms with Gasteiger partial charge in [-0.05, 0) is 70.9 Å². The SMILES string of the molecule is C/C=C\C(=N/C(C)Nc1cc(C)cc(C)c1)n1cc(C(=O)OCC)c(C)n1.C=C. The molecule has 1 aromatic heterocycles. The minimum Gasteiger partial charge on any atom is -0.462 e. The number of rotatable bonds is 6. The second kappa shape index (κ2) is 11.6. The Morgan fingerprint density at radius 2 is 1.90 bits per heavy atom. The van der Waals surface area contributed by atoms with Crippen molar-refractivity contribution in [3.63, 3.8) is 0 Å². The lowest BCUT2D eigenvalue weighted by molar-refractivity contribution is 0.0525. The Kier molecular flexibility index (Phi) is 9.59. The number of anilines is 1. The maximum atomic E-state index is 12.0. The Morgan fingerprint density at radius 3 is 2.45 bits per heavy atom. The van der Waals surface area contributed by atoms with Crippen LogP contribution >= 0.6 is 0 Å². The zero-order chi connectivity index (χ0) is 22.0. The molecule has 0 bridgehead atoms. The van der Waals surface area contributed by atoms with Gasteiger partial charge in [-0.1, -0.05) is 12.1 Å². The van der Waals surface area contributed by atoms with E-state index in [9.17, 15) is 4.79 Å². The highest BCUT2D eigenvalue weighted by molar-refractivity contribution is 5.96. The number of aromatic nitrogens is 2. The van der Waals surface area contributed by atoms with Gasteiger partial charge in [0, 0.05) is 11.9 Å². The number of esters is 1. The number of carbonyl (C=O) groups excluding carboxylic acids is 1. The van der Waals surface area contributed by atoms with Gasteiger partial charge in [0.1, 0.15) is 17.6 Å². The topological polar surface area (TPSA) is 68.5 Å². The van der Waals surface area contributed by atoms with Gasteiger partial charge in [0.2, 0.25) is 0 Å². The number of ether oxygens (including phenoxy) is 1. The van der Waals surface area contributed by atoms with Crippen LogP contribution in [0.2, 0.25) is 0 Å². The summed E-state index contributed by atoms with van der Waals surface area (Å²) in [7, 11) is 0. The zero-order valence-electron chi connectivity index (χ0n) is 18.3. The van der Waals surface area contributed by atoms with Crippen molar-refractivity contribution in [2.24, 2.45) is 4.99 Å². The molecule has 0 spiro atoms. The molecule has 1 atom stereocenters. The quantitative estimate of drug-likeness (QED) is 0.320. The summed E-state index contributed by atoms with van der Waals surface area (Å²) >= 11 is 0. The smallest absolute Gasteiger partial charge is 0.341 e. The van der Waals surface area contributed by atoms with Crippen LogP contribution in [0.3, 0.4) is 0 Å². The summed E-state index contributed by atoms with van der Waals surface area (Å²) in [5.41, 5.74) is 4.48. The molecule has 0 aliphatic heterocycles. The predicted octanol–water partition coefficient (Wildman–Crippen LogP) is 5.07. The Balaban J connectivity index is 0.00000204. The fraction of sp³-hybridized carbons (Fsp3) is 0.348. The first-order chi connectivity index (χ1) is 13.8. The lowest BCUT2D eigenvalue weighted by atomic mass is 10.1. The molecule has 29 heavy (non-hydrogen) atoms. The van der Waals surface area contributed by atoms with Gasteiger partial charge in [-0.15, -0.1) is 13.2 Å². The summed E-state index contributed by atoms with van der Waals surface area (Å²) in [5.74, 6) is 0.267. The fourth-order valence-corrected chi connectivity index (χ4v) is 2.84. The second-order valence-electron chi connectivity index (χ2n) is 6.48. The first-order valence-corrected chi connectivity index (χ1v) is 9.63. The van der Waals surface area contributed by atoms with E-state index in [1.54, 1.807) is 24.7 Å². The third-order valence-corrected chi connectivity index (χ3v) is 3.87. The molecule has 2 rings (SSSR count). The summed E-state index contributed by atoms with van der Waals surface area (Å²) < 4.78 is 6.69. The number of aliphatic imine (C=N–C) groups is 1. The van der Waals surface area contributed by atoms with E-state index in [0.29, 0.717) is 23.7 Å². The van der Waals surface area contributed by atoms with E-state index < -0.39 is 0 Å². The van der Waals surface area contributed by atoms with E-state index in [2.05, 4.69) is 55.6 Å². The average molecular weight is 397 g/mol. The summed E-state index contributed by atoms with van der Waals surface area (Å²) in [6.45, 7) is 17.9. The van der Waals surface area contributed by atoms with Gasteiger partial charge in [0.15, 0.2) is 0 Å². The fourth-order valence-electron chi connectivity index (χ4n) is 2.84. The van der Waals surface area contributed by atoms with Gasteiger partial charge in [0.05, 0.1) is 12.3 Å². The van der Waals surface area contributed by atoms with E-state index in [1.165, 1.54) is 11.1 Å². The molecular weight excluding hydrogens is 364 g/mol. The van der Waals surface area contributed by atoms with E-state index in [1.807, 2.05) is 26.0 Å². The van der Waals surface area contributed by atoms with Crippen LogP contribution in [0.15, 0.2) is 54.7 Å². The van der Waals surface area contributed by atoms with Crippen LogP contribution in [-0.2, 0) is 4.74 Å². The molecule has 0 aliphatic carbocycles. The molecule has 1 aromatic carbocycles. The molecule has 0 aliphatic rings. The van der Waals surface area contributed by atoms with E-state index >= 15 is 0 Å². The van der Waals surface area contributed by atoms with Crippen molar-refractivity contribution >= 4 is 17.5 Å². The van der Waals surface area contributed by atoms with Crippen molar-refractivity contribution in [1.82, 2.24) is 9.78 Å². The summed E-state index contributed by atoms with van der Waals surface area (Å²) in [6, 6.07) is 6.31. The number of allylic oxidation sites excluding steroid dienone is 2. The molecule has 1 unspecified atom stereocenters. The zero-order valence-corrected chi connectivity index (χ0v) is 18.3. The van der Waals surface area contributed by atoms with Crippen molar-refractivity contribution in [2.75, 3.05) is 11.9 Å². The molecule has 0 saturated heterocycles. The van der Waals surface area contributed by atoms with Crippen LogP contribution < -0.4 is 5.32 Å². The average Bonchev–Trinajstić information content (AvgIpc) is 3.04. The van der Waals surface area contributed by atoms with Crippen molar-refractivity contribution < 1.29 is 9.53 Å². The molecule has 0 saturated carbocycles. The van der Waals surface area contributed by atoms with Gasteiger partial charge < -0.3 is 10.1 Å². The first-order valence-electron chi connectivity index (χ1n) is 9.63. The molecule has 0 fully saturated rings. The third kappa shape index (κ3) is 7.07. The van der Waals surface area contributed by atoms with Crippen LogP contribution in [0.5, 0.6) is 0 Å². The molecule has 6 nitrogen and oxygen atoms in total. The molecule has 156 valence electrons. The number of benzene rings is 1. The second-order valence-corrected chi connectivity index (χ2v) is 6.48. The normalized spacial score (nSPS) is 12.3. The van der Waals surface area contributed by atoms with Crippen LogP contribution in [0.4, 0.5) is 5.69 Å². The van der Waals surface area contributed by atoms with E-state index in [4.69, 9.17) is 9.73 Å². The standard InChI is InChI=1S/C21H28N4O2.C2H4/c1-7-9-20(25-13-19(16(5)24-25)21(26)27-8-2)23-17(6)22-18-11-14(3)10-15(4)12-18;1-2/h7,9-13,17,22H,8H2,1-6H3;1-2H2/b9-7-,23-20+;. The molecule has 1 heterocycles. The van der Waals surface area contributed by atoms with Gasteiger partial charge in [-0.3, -0.25) is 0 Å². The van der Waals surface area contributed by atoms with Gasteiger partial charge in [0.25, 0.3) is 0 Å². The number of hydrogen-bond donors (Lipinski definition) is 1. The Morgan fingerprint density at radius 1 is 1.28 bits per heavy atom. The highest BCUT2D eigenvalue weighted by atomic mass is 16.5. The molecule has 0 amide bonds. The largest absolute Gasteiger partial charge is 0.462 e. The highest BCUT2D eigenvalue weighted by Gasteiger charge is 2.16. The van der Waals surface area contributed by atoms with Crippen molar-refractivity contribution in [3.8, 4) is 0 Å². The predicted molar refractivity (Wildman–Crippen MR) is 121 cm³/mol. The van der Waals surface area contributed by atoms with Crippen LogP contribution in [0.1, 0.15) is 48.0 Å². The lowest BCUT2D eigenvalue weighted by Gasteiger charge is -2.14. The molecule has 6 heteroatoms. The summed E-state index contributed by atoms with van der Waals surface area (Å²) in [6.07, 6.45) is 5.24. The number of nitrogens with zero attached hydrogens (tertiary/aromatic N) is 3. The van der Waals surface area contributed by atoms with Crippen molar-refractivity contribution in [3.05, 3.63) is 72.1 Å². The number of nitrogens with one attached hydrogen (secondary N) is 1. The first kappa shape index (κ1) is 23.9. The molecule has 1 N–H and O–H groups in total. The van der Waals surface area contributed by atoms with Crippen LogP contribution in [0.25, 0.3) is 0 Å². The Labute approximate surface area is 174 Å². The molecular formula is C23H32N4O2. The molecule has 2 aromatic rings. The van der Waals surface area contributed by atoms with Gasteiger partial charge in [-0.25, -0.2) is 14.5 Å². The third-order valence-electron chi connectivity index (χ3n) is 3.87. The highest BCUT2D eigenvalue weighted by Crippen LogP contribution is 2.15. The lowest BCUT2D eigenvalue weighted by Crippen LogP contribution is -2.19. The summed E-state index contributed by atoms with van der Waals surface area (Å²) in [4.78, 5) is 16.8. The van der Waals surface area contributed by atoms with Gasteiger partial charge >= 0.3 is 5.97 Å². The number of aryl methyl sites for hydroxylation is 3. The minimum atomic E-state index is -0.373. The maximum Gasteiger partial charge on any atom is 0.341 e. The monoisotopic (exact) mass is 396 g/mol. The van der Waals surface area contributed by atoms with Crippen LogP contribution in [-0.4, -0.2) is 34.4 Å². The number of hydrogen-bond acceptors (Lipinski definition) is 5. The van der Waals surface area contributed by atoms with Crippen LogP contribution in [0, 0.1) is 20.8 Å². The van der Waals surface area contributed by atoms with Gasteiger partial charge in [-0.2, -0.15) is 5.10 Å². The Hall–Kier alpha value is -3.15. The molecule has 0 radical (unpaired) electrons. The maximum absolute atomic E-state index is 12.0. The van der Waals surface area contributed by atoms with E-state index in [-0.39, 0.29) is 12.1 Å². The Bertz CT molecular complexity index is 861. The minimum absolute atomic E-state index is 0.173.